The number of aryl methyl sites for hydroxylation is 1. The second-order valence-corrected chi connectivity index (χ2v) is 6.97. The minimum Gasteiger partial charge on any atom is -0.383 e. The number of ether oxygens (including phenoxy) is 1. The van der Waals surface area contributed by atoms with Crippen LogP contribution in [0.4, 0.5) is 0 Å². The SMILES string of the molecule is COCCN(Cc1nccs1)C(=O)Cn1c(C)cc(=O)c2ccccc21. The molecule has 3 aromatic rings. The number of thiazole rings is 1. The lowest BCUT2D eigenvalue weighted by atomic mass is 10.2. The zero-order valence-corrected chi connectivity index (χ0v) is 15.7. The van der Waals surface area contributed by atoms with Crippen LogP contribution in [-0.2, 0) is 22.6 Å². The summed E-state index contributed by atoms with van der Waals surface area (Å²) in [5.74, 6) is -0.0332. The van der Waals surface area contributed by atoms with Crippen molar-refractivity contribution in [1.82, 2.24) is 14.5 Å². The standard InChI is InChI=1S/C19H21N3O3S/c1-14-11-17(23)15-5-3-4-6-16(15)22(14)13-19(24)21(8-9-25-2)12-18-20-7-10-26-18/h3-7,10-11H,8-9,12-13H2,1-2H3. The molecule has 0 spiro atoms. The third kappa shape index (κ3) is 4.00. The summed E-state index contributed by atoms with van der Waals surface area (Å²) >= 11 is 1.52. The Balaban J connectivity index is 1.89. The maximum absolute atomic E-state index is 13.0. The maximum atomic E-state index is 13.0. The molecule has 136 valence electrons. The van der Waals surface area contributed by atoms with Crippen molar-refractivity contribution in [1.29, 1.82) is 0 Å². The van der Waals surface area contributed by atoms with Gasteiger partial charge in [0.1, 0.15) is 11.6 Å². The molecule has 0 saturated carbocycles. The van der Waals surface area contributed by atoms with E-state index >= 15 is 0 Å². The van der Waals surface area contributed by atoms with Gasteiger partial charge in [0.2, 0.25) is 5.91 Å². The number of nitrogens with zero attached hydrogens (tertiary/aromatic N) is 3. The predicted octanol–water partition coefficient (Wildman–Crippen LogP) is 2.44. The highest BCUT2D eigenvalue weighted by Gasteiger charge is 2.17. The van der Waals surface area contributed by atoms with Gasteiger partial charge in [0.25, 0.3) is 0 Å². The molecule has 1 amide bonds. The van der Waals surface area contributed by atoms with Crippen LogP contribution in [0.15, 0.2) is 46.7 Å². The lowest BCUT2D eigenvalue weighted by molar-refractivity contribution is -0.133. The highest BCUT2D eigenvalue weighted by molar-refractivity contribution is 7.09. The van der Waals surface area contributed by atoms with Crippen LogP contribution in [0, 0.1) is 6.92 Å². The van der Waals surface area contributed by atoms with Crippen molar-refractivity contribution in [3.63, 3.8) is 0 Å². The van der Waals surface area contributed by atoms with Crippen molar-refractivity contribution in [2.75, 3.05) is 20.3 Å². The van der Waals surface area contributed by atoms with Crippen LogP contribution in [0.2, 0.25) is 0 Å². The van der Waals surface area contributed by atoms with Crippen molar-refractivity contribution in [2.45, 2.75) is 20.0 Å². The van der Waals surface area contributed by atoms with Crippen LogP contribution in [0.5, 0.6) is 0 Å². The second kappa shape index (κ2) is 8.25. The van der Waals surface area contributed by atoms with E-state index in [0.717, 1.165) is 16.2 Å². The highest BCUT2D eigenvalue weighted by atomic mass is 32.1. The summed E-state index contributed by atoms with van der Waals surface area (Å²) in [5.41, 5.74) is 1.51. The number of hydrogen-bond donors (Lipinski definition) is 0. The molecule has 0 saturated heterocycles. The third-order valence-corrected chi connectivity index (χ3v) is 5.01. The molecule has 0 atom stereocenters. The van der Waals surface area contributed by atoms with Crippen LogP contribution in [-0.4, -0.2) is 40.6 Å². The van der Waals surface area contributed by atoms with Gasteiger partial charge in [-0.1, -0.05) is 12.1 Å². The van der Waals surface area contributed by atoms with Crippen LogP contribution in [0.3, 0.4) is 0 Å². The van der Waals surface area contributed by atoms with Crippen molar-refractivity contribution in [2.24, 2.45) is 0 Å². The van der Waals surface area contributed by atoms with Crippen LogP contribution >= 0.6 is 11.3 Å². The molecular formula is C19H21N3O3S. The summed E-state index contributed by atoms with van der Waals surface area (Å²) in [6.07, 6.45) is 1.73. The van der Waals surface area contributed by atoms with Gasteiger partial charge in [-0.25, -0.2) is 4.98 Å². The van der Waals surface area contributed by atoms with E-state index in [2.05, 4.69) is 4.98 Å². The van der Waals surface area contributed by atoms with Gasteiger partial charge in [-0.05, 0) is 19.1 Å². The molecule has 0 fully saturated rings. The Bertz CT molecular complexity index is 950. The fourth-order valence-corrected chi connectivity index (χ4v) is 3.52. The van der Waals surface area contributed by atoms with Gasteiger partial charge in [-0.3, -0.25) is 9.59 Å². The van der Waals surface area contributed by atoms with E-state index in [-0.39, 0.29) is 17.9 Å². The molecule has 7 heteroatoms. The van der Waals surface area contributed by atoms with Gasteiger partial charge in [0, 0.05) is 42.4 Å². The molecule has 3 rings (SSSR count). The van der Waals surface area contributed by atoms with Crippen molar-refractivity contribution < 1.29 is 9.53 Å². The number of pyridine rings is 1. The molecule has 0 aliphatic carbocycles. The van der Waals surface area contributed by atoms with Crippen molar-refractivity contribution in [3.05, 3.63) is 62.8 Å². The normalized spacial score (nSPS) is 11.0. The molecule has 0 aliphatic rings. The Hall–Kier alpha value is -2.51. The van der Waals surface area contributed by atoms with Gasteiger partial charge >= 0.3 is 0 Å². The lowest BCUT2D eigenvalue weighted by Crippen LogP contribution is -2.36. The minimum absolute atomic E-state index is 0.0270. The number of para-hydroxylation sites is 1. The maximum Gasteiger partial charge on any atom is 0.242 e. The molecule has 6 nitrogen and oxygen atoms in total. The summed E-state index contributed by atoms with van der Waals surface area (Å²) in [5, 5.41) is 3.40. The quantitative estimate of drug-likeness (QED) is 0.640. The average Bonchev–Trinajstić information content (AvgIpc) is 3.15. The van der Waals surface area contributed by atoms with E-state index in [0.29, 0.717) is 25.1 Å². The molecule has 0 unspecified atom stereocenters. The molecule has 0 radical (unpaired) electrons. The summed E-state index contributed by atoms with van der Waals surface area (Å²) in [6.45, 7) is 3.42. The molecule has 2 heterocycles. The minimum atomic E-state index is -0.0332. The Labute approximate surface area is 155 Å². The number of rotatable bonds is 7. The molecule has 2 aromatic heterocycles. The van der Waals surface area contributed by atoms with E-state index < -0.39 is 0 Å². The van der Waals surface area contributed by atoms with Gasteiger partial charge in [0.05, 0.1) is 18.7 Å². The van der Waals surface area contributed by atoms with Gasteiger partial charge < -0.3 is 14.2 Å². The van der Waals surface area contributed by atoms with Gasteiger partial charge in [0.15, 0.2) is 5.43 Å². The molecule has 0 N–H and O–H groups in total. The lowest BCUT2D eigenvalue weighted by Gasteiger charge is -2.23. The first-order valence-corrected chi connectivity index (χ1v) is 9.22. The average molecular weight is 371 g/mol. The first-order valence-electron chi connectivity index (χ1n) is 8.34. The van der Waals surface area contributed by atoms with Crippen molar-refractivity contribution >= 4 is 28.1 Å². The number of aromatic nitrogens is 2. The fourth-order valence-electron chi connectivity index (χ4n) is 2.89. The Kier molecular flexibility index (Phi) is 5.80. The summed E-state index contributed by atoms with van der Waals surface area (Å²) in [4.78, 5) is 31.2. The second-order valence-electron chi connectivity index (χ2n) is 5.99. The van der Waals surface area contributed by atoms with Crippen LogP contribution < -0.4 is 5.43 Å². The summed E-state index contributed by atoms with van der Waals surface area (Å²) in [6, 6.07) is 8.95. The monoisotopic (exact) mass is 371 g/mol. The van der Waals surface area contributed by atoms with E-state index in [1.54, 1.807) is 30.3 Å². The zero-order chi connectivity index (χ0) is 18.5. The number of carbonyl (C=O) groups excluding carboxylic acids is 1. The van der Waals surface area contributed by atoms with E-state index in [4.69, 9.17) is 4.74 Å². The Morgan fingerprint density at radius 1 is 1.35 bits per heavy atom. The number of fused-ring (bicyclic) bond motifs is 1. The summed E-state index contributed by atoms with van der Waals surface area (Å²) < 4.78 is 7.03. The Morgan fingerprint density at radius 2 is 2.15 bits per heavy atom. The number of amides is 1. The topological polar surface area (TPSA) is 64.4 Å². The number of methoxy groups -OCH3 is 1. The Morgan fingerprint density at radius 3 is 2.88 bits per heavy atom. The van der Waals surface area contributed by atoms with Crippen molar-refractivity contribution in [3.8, 4) is 0 Å². The largest absolute Gasteiger partial charge is 0.383 e. The van der Waals surface area contributed by atoms with Crippen LogP contribution in [0.25, 0.3) is 10.9 Å². The molecule has 26 heavy (non-hydrogen) atoms. The molecule has 0 bridgehead atoms. The number of benzene rings is 1. The molecular weight excluding hydrogens is 350 g/mol. The van der Waals surface area contributed by atoms with E-state index in [1.807, 2.05) is 35.1 Å². The fraction of sp³-hybridized carbons (Fsp3) is 0.316. The van der Waals surface area contributed by atoms with E-state index in [9.17, 15) is 9.59 Å². The number of hydrogen-bond acceptors (Lipinski definition) is 5. The first-order chi connectivity index (χ1) is 12.6. The zero-order valence-electron chi connectivity index (χ0n) is 14.8. The third-order valence-electron chi connectivity index (χ3n) is 4.25. The van der Waals surface area contributed by atoms with E-state index in [1.165, 1.54) is 11.3 Å². The smallest absolute Gasteiger partial charge is 0.242 e. The van der Waals surface area contributed by atoms with Crippen LogP contribution in [0.1, 0.15) is 10.7 Å². The summed E-state index contributed by atoms with van der Waals surface area (Å²) in [7, 11) is 1.62. The first kappa shape index (κ1) is 18.3. The molecule has 0 aliphatic heterocycles. The van der Waals surface area contributed by atoms with Gasteiger partial charge in [-0.15, -0.1) is 11.3 Å². The highest BCUT2D eigenvalue weighted by Crippen LogP contribution is 2.14. The van der Waals surface area contributed by atoms with Gasteiger partial charge in [-0.2, -0.15) is 0 Å². The number of carbonyl (C=O) groups is 1. The molecule has 1 aromatic carbocycles. The predicted molar refractivity (Wildman–Crippen MR) is 102 cm³/mol.